The number of carbonyl (C=O) groups excluding carboxylic acids is 1. The van der Waals surface area contributed by atoms with E-state index in [0.717, 1.165) is 31.6 Å². The first-order chi connectivity index (χ1) is 11.8. The standard InChI is InChI=1S/C22H38O3/c1-14(2)17-11-15-7-8-19-21(3,18(15)12-16(17)13-23)9-6-10-22(19,4)20(24)25-5/h14-19,23H,6-13H2,1-5H3/t15-,16-,17+,18-,19-,21-,22-/m1/s1. The fourth-order valence-electron chi connectivity index (χ4n) is 7.42. The number of carbonyl (C=O) groups is 1. The second-order valence-corrected chi connectivity index (χ2v) is 10.1. The molecule has 3 fully saturated rings. The predicted molar refractivity (Wildman–Crippen MR) is 99.9 cm³/mol. The Hall–Kier alpha value is -0.570. The molecule has 3 aliphatic rings. The molecule has 0 radical (unpaired) electrons. The van der Waals surface area contributed by atoms with Gasteiger partial charge in [0.25, 0.3) is 0 Å². The number of ether oxygens (including phenoxy) is 1. The minimum atomic E-state index is -0.323. The molecule has 25 heavy (non-hydrogen) atoms. The topological polar surface area (TPSA) is 46.5 Å². The van der Waals surface area contributed by atoms with Gasteiger partial charge >= 0.3 is 5.97 Å². The monoisotopic (exact) mass is 350 g/mol. The maximum Gasteiger partial charge on any atom is 0.311 e. The molecular weight excluding hydrogens is 312 g/mol. The molecule has 0 unspecified atom stereocenters. The lowest BCUT2D eigenvalue weighted by Gasteiger charge is -2.62. The van der Waals surface area contributed by atoms with Crippen LogP contribution < -0.4 is 0 Å². The van der Waals surface area contributed by atoms with Gasteiger partial charge in [0.15, 0.2) is 0 Å². The van der Waals surface area contributed by atoms with E-state index in [0.29, 0.717) is 36.2 Å². The molecule has 0 spiro atoms. The Morgan fingerprint density at radius 2 is 1.92 bits per heavy atom. The van der Waals surface area contributed by atoms with Gasteiger partial charge in [-0.15, -0.1) is 0 Å². The SMILES string of the molecule is COC(=O)[C@]1(C)CCC[C@]2(C)[C@@H]3C[C@H](CO)[C@H](C(C)C)C[C@H]3CC[C@H]21. The van der Waals surface area contributed by atoms with Gasteiger partial charge in [-0.1, -0.05) is 27.2 Å². The molecule has 0 saturated heterocycles. The van der Waals surface area contributed by atoms with Crippen LogP contribution in [0.5, 0.6) is 0 Å². The summed E-state index contributed by atoms with van der Waals surface area (Å²) in [5, 5.41) is 10.0. The third kappa shape index (κ3) is 2.95. The van der Waals surface area contributed by atoms with Gasteiger partial charge in [0.05, 0.1) is 12.5 Å². The molecule has 1 N–H and O–H groups in total. The summed E-state index contributed by atoms with van der Waals surface area (Å²) < 4.78 is 5.23. The third-order valence-corrected chi connectivity index (χ3v) is 8.70. The summed E-state index contributed by atoms with van der Waals surface area (Å²) in [6.45, 7) is 9.57. The average molecular weight is 351 g/mol. The summed E-state index contributed by atoms with van der Waals surface area (Å²) in [5.41, 5.74) is -0.101. The van der Waals surface area contributed by atoms with Crippen molar-refractivity contribution in [2.75, 3.05) is 13.7 Å². The Bertz CT molecular complexity index is 502. The minimum absolute atomic E-state index is 0.00329. The van der Waals surface area contributed by atoms with Crippen LogP contribution in [0.3, 0.4) is 0 Å². The van der Waals surface area contributed by atoms with Gasteiger partial charge in [0, 0.05) is 6.61 Å². The Labute approximate surface area is 153 Å². The van der Waals surface area contributed by atoms with Crippen molar-refractivity contribution in [3.8, 4) is 0 Å². The molecule has 7 atom stereocenters. The van der Waals surface area contributed by atoms with E-state index >= 15 is 0 Å². The van der Waals surface area contributed by atoms with Crippen LogP contribution in [0.25, 0.3) is 0 Å². The number of aliphatic hydroxyl groups is 1. The highest BCUT2D eigenvalue weighted by atomic mass is 16.5. The summed E-state index contributed by atoms with van der Waals surface area (Å²) in [5.74, 6) is 3.59. The fourth-order valence-corrected chi connectivity index (χ4v) is 7.42. The maximum absolute atomic E-state index is 12.6. The number of hydrogen-bond acceptors (Lipinski definition) is 3. The largest absolute Gasteiger partial charge is 0.469 e. The first-order valence-electron chi connectivity index (χ1n) is 10.5. The van der Waals surface area contributed by atoms with Crippen LogP contribution in [0.2, 0.25) is 0 Å². The molecule has 3 nitrogen and oxygen atoms in total. The highest BCUT2D eigenvalue weighted by Crippen LogP contribution is 2.65. The smallest absolute Gasteiger partial charge is 0.311 e. The molecule has 0 aromatic rings. The molecule has 0 aromatic heterocycles. The van der Waals surface area contributed by atoms with Gasteiger partial charge < -0.3 is 9.84 Å². The van der Waals surface area contributed by atoms with E-state index in [-0.39, 0.29) is 16.8 Å². The molecule has 144 valence electrons. The van der Waals surface area contributed by atoms with Crippen LogP contribution in [0.1, 0.15) is 72.6 Å². The van der Waals surface area contributed by atoms with Crippen molar-refractivity contribution in [3.05, 3.63) is 0 Å². The summed E-state index contributed by atoms with van der Waals surface area (Å²) in [6.07, 6.45) is 8.15. The quantitative estimate of drug-likeness (QED) is 0.752. The van der Waals surface area contributed by atoms with Gasteiger partial charge in [-0.25, -0.2) is 0 Å². The molecule has 0 heterocycles. The second-order valence-electron chi connectivity index (χ2n) is 10.1. The third-order valence-electron chi connectivity index (χ3n) is 8.70. The van der Waals surface area contributed by atoms with Crippen molar-refractivity contribution in [2.24, 2.45) is 46.3 Å². The molecule has 3 aliphatic carbocycles. The number of rotatable bonds is 3. The zero-order chi connectivity index (χ0) is 18.4. The van der Waals surface area contributed by atoms with Crippen LogP contribution in [-0.4, -0.2) is 24.8 Å². The van der Waals surface area contributed by atoms with Gasteiger partial charge in [0.1, 0.15) is 0 Å². The van der Waals surface area contributed by atoms with Gasteiger partial charge in [-0.05, 0) is 86.4 Å². The summed E-state index contributed by atoms with van der Waals surface area (Å²) in [4.78, 5) is 12.6. The zero-order valence-electron chi connectivity index (χ0n) is 16.9. The van der Waals surface area contributed by atoms with E-state index in [1.807, 2.05) is 0 Å². The number of hydrogen-bond donors (Lipinski definition) is 1. The van der Waals surface area contributed by atoms with Crippen molar-refractivity contribution < 1.29 is 14.6 Å². The summed E-state index contributed by atoms with van der Waals surface area (Å²) in [7, 11) is 1.54. The maximum atomic E-state index is 12.6. The Kier molecular flexibility index (Phi) is 5.27. The van der Waals surface area contributed by atoms with Crippen LogP contribution in [0.4, 0.5) is 0 Å². The predicted octanol–water partition coefficient (Wildman–Crippen LogP) is 4.67. The Morgan fingerprint density at radius 3 is 2.52 bits per heavy atom. The normalized spacial score (nSPS) is 47.1. The molecule has 3 heteroatoms. The van der Waals surface area contributed by atoms with E-state index in [9.17, 15) is 9.90 Å². The van der Waals surface area contributed by atoms with Crippen molar-refractivity contribution in [2.45, 2.75) is 72.6 Å². The number of aliphatic hydroxyl groups excluding tert-OH is 1. The van der Waals surface area contributed by atoms with Crippen LogP contribution in [0.15, 0.2) is 0 Å². The molecular formula is C22H38O3. The average Bonchev–Trinajstić information content (AvgIpc) is 2.59. The zero-order valence-corrected chi connectivity index (χ0v) is 16.9. The van der Waals surface area contributed by atoms with Gasteiger partial charge in [0.2, 0.25) is 0 Å². The van der Waals surface area contributed by atoms with Crippen molar-refractivity contribution in [3.63, 3.8) is 0 Å². The van der Waals surface area contributed by atoms with E-state index < -0.39 is 0 Å². The van der Waals surface area contributed by atoms with Gasteiger partial charge in [-0.3, -0.25) is 4.79 Å². The van der Waals surface area contributed by atoms with Gasteiger partial charge in [-0.2, -0.15) is 0 Å². The number of methoxy groups -OCH3 is 1. The van der Waals surface area contributed by atoms with Crippen molar-refractivity contribution >= 4 is 5.97 Å². The second kappa shape index (κ2) is 6.87. The lowest BCUT2D eigenvalue weighted by Crippen LogP contribution is -2.57. The van der Waals surface area contributed by atoms with Crippen molar-refractivity contribution in [1.29, 1.82) is 0 Å². The molecule has 3 saturated carbocycles. The summed E-state index contributed by atoms with van der Waals surface area (Å²) >= 11 is 0. The van der Waals surface area contributed by atoms with Crippen LogP contribution >= 0.6 is 0 Å². The fraction of sp³-hybridized carbons (Fsp3) is 0.955. The van der Waals surface area contributed by atoms with Crippen molar-refractivity contribution in [1.82, 2.24) is 0 Å². The van der Waals surface area contributed by atoms with E-state index in [1.54, 1.807) is 7.11 Å². The lowest BCUT2D eigenvalue weighted by atomic mass is 9.43. The van der Waals surface area contributed by atoms with Crippen LogP contribution in [-0.2, 0) is 9.53 Å². The van der Waals surface area contributed by atoms with E-state index in [2.05, 4.69) is 27.7 Å². The molecule has 0 aromatic carbocycles. The summed E-state index contributed by atoms with van der Waals surface area (Å²) in [6, 6.07) is 0. The van der Waals surface area contributed by atoms with E-state index in [4.69, 9.17) is 4.74 Å². The number of esters is 1. The van der Waals surface area contributed by atoms with Crippen LogP contribution in [0, 0.1) is 46.3 Å². The minimum Gasteiger partial charge on any atom is -0.469 e. The Morgan fingerprint density at radius 1 is 1.20 bits per heavy atom. The molecule has 0 bridgehead atoms. The highest BCUT2D eigenvalue weighted by molar-refractivity contribution is 5.77. The number of fused-ring (bicyclic) bond motifs is 3. The Balaban J connectivity index is 1.90. The van der Waals surface area contributed by atoms with E-state index in [1.165, 1.54) is 19.3 Å². The first kappa shape index (κ1) is 19.2. The molecule has 3 rings (SSSR count). The molecule has 0 aliphatic heterocycles. The lowest BCUT2D eigenvalue weighted by molar-refractivity contribution is -0.179. The highest BCUT2D eigenvalue weighted by Gasteiger charge is 2.60. The molecule has 0 amide bonds. The first-order valence-corrected chi connectivity index (χ1v) is 10.5.